The molecule has 10 nitrogen and oxygen atoms in total. The molecule has 4 saturated carbocycles. The van der Waals surface area contributed by atoms with Crippen LogP contribution in [0.15, 0.2) is 59.5 Å². The quantitative estimate of drug-likeness (QED) is 0.350. The molecule has 7 rings (SSSR count). The van der Waals surface area contributed by atoms with Crippen molar-refractivity contribution in [1.82, 2.24) is 9.97 Å². The van der Waals surface area contributed by atoms with Crippen LogP contribution in [0.1, 0.15) is 55.5 Å². The van der Waals surface area contributed by atoms with Crippen LogP contribution in [0.25, 0.3) is 0 Å². The fourth-order valence-electron chi connectivity index (χ4n) is 7.84. The van der Waals surface area contributed by atoms with Crippen LogP contribution in [0, 0.1) is 31.6 Å². The lowest BCUT2D eigenvalue weighted by atomic mass is 9.48. The molecule has 43 heavy (non-hydrogen) atoms. The van der Waals surface area contributed by atoms with Crippen molar-refractivity contribution in [2.45, 2.75) is 62.7 Å². The molecular formula is C31H37N5O5S2. The van der Waals surface area contributed by atoms with Crippen LogP contribution in [0.4, 0.5) is 17.3 Å². The maximum absolute atomic E-state index is 13.0. The van der Waals surface area contributed by atoms with Crippen LogP contribution >= 0.6 is 0 Å². The van der Waals surface area contributed by atoms with Crippen LogP contribution in [-0.4, -0.2) is 45.5 Å². The van der Waals surface area contributed by atoms with Crippen molar-refractivity contribution in [2.24, 2.45) is 17.8 Å². The third kappa shape index (κ3) is 6.26. The molecule has 2 N–H and O–H groups in total. The Balaban J connectivity index is 1.13. The average molecular weight is 624 g/mol. The van der Waals surface area contributed by atoms with Gasteiger partial charge in [0, 0.05) is 17.1 Å². The maximum Gasteiger partial charge on any atom is 0.264 e. The molecular weight excluding hydrogens is 587 g/mol. The lowest BCUT2D eigenvalue weighted by Crippen LogP contribution is -2.48. The van der Waals surface area contributed by atoms with E-state index in [0.717, 1.165) is 28.3 Å². The first kappa shape index (κ1) is 29.6. The van der Waals surface area contributed by atoms with Gasteiger partial charge in [0.25, 0.3) is 10.0 Å². The standard InChI is InChI=1S/C31H37N5O5S2/c1-20-12-21(2)33-30(32-20)35-43(40,41)28-10-6-26(7-11-28)34-29(37)19-36(42(3,38)39)27-8-4-25(5-9-27)31-16-22-13-23(17-31)15-24(14-22)18-31/h4-12,22-24H,13-19H2,1-3H3,(H,34,37)(H,32,33,35). The Hall–Kier alpha value is -3.51. The molecule has 0 radical (unpaired) electrons. The molecule has 0 aliphatic heterocycles. The van der Waals surface area contributed by atoms with Crippen LogP contribution in [0.5, 0.6) is 0 Å². The van der Waals surface area contributed by atoms with Crippen LogP contribution in [0.3, 0.4) is 0 Å². The summed E-state index contributed by atoms with van der Waals surface area (Å²) in [5.74, 6) is 1.84. The molecule has 4 aliphatic carbocycles. The third-order valence-corrected chi connectivity index (χ3v) is 11.6. The zero-order valence-corrected chi connectivity index (χ0v) is 26.2. The average Bonchev–Trinajstić information content (AvgIpc) is 2.90. The fraction of sp³-hybridized carbons (Fsp3) is 0.452. The molecule has 4 bridgehead atoms. The molecule has 4 aliphatic rings. The Kier molecular flexibility index (Phi) is 7.48. The molecule has 12 heteroatoms. The van der Waals surface area contributed by atoms with E-state index >= 15 is 0 Å². The minimum Gasteiger partial charge on any atom is -0.325 e. The lowest BCUT2D eigenvalue weighted by Gasteiger charge is -2.57. The Morgan fingerprint density at radius 3 is 1.91 bits per heavy atom. The number of benzene rings is 2. The van der Waals surface area contributed by atoms with Crippen LogP contribution in [0.2, 0.25) is 0 Å². The van der Waals surface area contributed by atoms with E-state index in [1.807, 2.05) is 12.1 Å². The Bertz CT molecular complexity index is 1700. The monoisotopic (exact) mass is 623 g/mol. The third-order valence-electron chi connectivity index (χ3n) is 9.15. The number of nitrogens with zero attached hydrogens (tertiary/aromatic N) is 3. The first-order valence-electron chi connectivity index (χ1n) is 14.6. The highest BCUT2D eigenvalue weighted by molar-refractivity contribution is 7.92. The van der Waals surface area contributed by atoms with E-state index in [2.05, 4.69) is 32.1 Å². The van der Waals surface area contributed by atoms with E-state index in [1.165, 1.54) is 68.4 Å². The van der Waals surface area contributed by atoms with Crippen molar-refractivity contribution in [3.8, 4) is 0 Å². The number of hydrogen-bond acceptors (Lipinski definition) is 7. The van der Waals surface area contributed by atoms with Gasteiger partial charge in [0.1, 0.15) is 6.54 Å². The molecule has 1 heterocycles. The van der Waals surface area contributed by atoms with Gasteiger partial charge < -0.3 is 5.32 Å². The summed E-state index contributed by atoms with van der Waals surface area (Å²) < 4.78 is 54.6. The van der Waals surface area contributed by atoms with Gasteiger partial charge in [-0.05, 0) is 124 Å². The number of nitrogens with one attached hydrogen (secondary N) is 2. The SMILES string of the molecule is Cc1cc(C)nc(NS(=O)(=O)c2ccc(NC(=O)CN(c3ccc(C45CC6CC(CC(C6)C4)C5)cc3)S(C)(=O)=O)cc2)n1. The Morgan fingerprint density at radius 1 is 0.860 bits per heavy atom. The number of rotatable bonds is 9. The van der Waals surface area contributed by atoms with E-state index in [9.17, 15) is 21.6 Å². The minimum atomic E-state index is -3.96. The first-order chi connectivity index (χ1) is 20.3. The molecule has 0 unspecified atom stereocenters. The largest absolute Gasteiger partial charge is 0.325 e. The predicted molar refractivity (Wildman–Crippen MR) is 166 cm³/mol. The summed E-state index contributed by atoms with van der Waals surface area (Å²) in [5, 5.41) is 2.67. The minimum absolute atomic E-state index is 0.0262. The number of aromatic nitrogens is 2. The number of anilines is 3. The van der Waals surface area contributed by atoms with E-state index in [-0.39, 0.29) is 16.3 Å². The van der Waals surface area contributed by atoms with Crippen molar-refractivity contribution in [2.75, 3.05) is 27.1 Å². The molecule has 0 saturated heterocycles. The summed E-state index contributed by atoms with van der Waals surface area (Å²) >= 11 is 0. The second-order valence-electron chi connectivity index (χ2n) is 12.7. The van der Waals surface area contributed by atoms with Gasteiger partial charge in [-0.15, -0.1) is 0 Å². The van der Waals surface area contributed by atoms with E-state index in [1.54, 1.807) is 19.9 Å². The summed E-state index contributed by atoms with van der Waals surface area (Å²) in [6, 6.07) is 15.0. The molecule has 0 atom stereocenters. The second kappa shape index (κ2) is 10.9. The van der Waals surface area contributed by atoms with Crippen molar-refractivity contribution >= 4 is 43.3 Å². The van der Waals surface area contributed by atoms with Gasteiger partial charge >= 0.3 is 0 Å². The molecule has 228 valence electrons. The van der Waals surface area contributed by atoms with Gasteiger partial charge in [-0.2, -0.15) is 0 Å². The van der Waals surface area contributed by atoms with Crippen molar-refractivity contribution in [1.29, 1.82) is 0 Å². The number of sulfonamides is 2. The van der Waals surface area contributed by atoms with Crippen LogP contribution < -0.4 is 14.3 Å². The highest BCUT2D eigenvalue weighted by Crippen LogP contribution is 2.60. The second-order valence-corrected chi connectivity index (χ2v) is 16.3. The number of hydrogen-bond donors (Lipinski definition) is 2. The zero-order chi connectivity index (χ0) is 30.6. The molecule has 4 fully saturated rings. The maximum atomic E-state index is 13.0. The summed E-state index contributed by atoms with van der Waals surface area (Å²) in [6.45, 7) is 3.07. The molecule has 3 aromatic rings. The van der Waals surface area contributed by atoms with Crippen LogP contribution in [-0.2, 0) is 30.3 Å². The number of carbonyl (C=O) groups excluding carboxylic acids is 1. The lowest BCUT2D eigenvalue weighted by molar-refractivity contribution is -0.114. The fourth-order valence-corrected chi connectivity index (χ4v) is 9.64. The number of carbonyl (C=O) groups is 1. The van der Waals surface area contributed by atoms with Crippen molar-refractivity contribution in [3.63, 3.8) is 0 Å². The van der Waals surface area contributed by atoms with Gasteiger partial charge in [-0.25, -0.2) is 31.5 Å². The van der Waals surface area contributed by atoms with Gasteiger partial charge in [0.2, 0.25) is 21.9 Å². The highest BCUT2D eigenvalue weighted by atomic mass is 32.2. The number of amides is 1. The Morgan fingerprint density at radius 2 is 1.40 bits per heavy atom. The van der Waals surface area contributed by atoms with Gasteiger partial charge in [-0.3, -0.25) is 9.10 Å². The summed E-state index contributed by atoms with van der Waals surface area (Å²) in [5.41, 5.74) is 3.50. The van der Waals surface area contributed by atoms with E-state index < -0.39 is 32.5 Å². The van der Waals surface area contributed by atoms with E-state index in [4.69, 9.17) is 0 Å². The topological polar surface area (TPSA) is 138 Å². The summed E-state index contributed by atoms with van der Waals surface area (Å²) in [7, 11) is -7.71. The molecule has 0 spiro atoms. The van der Waals surface area contributed by atoms with Gasteiger partial charge in [0.05, 0.1) is 16.8 Å². The van der Waals surface area contributed by atoms with E-state index in [0.29, 0.717) is 22.8 Å². The Labute approximate surface area is 253 Å². The highest BCUT2D eigenvalue weighted by Gasteiger charge is 2.51. The number of aryl methyl sites for hydroxylation is 2. The zero-order valence-electron chi connectivity index (χ0n) is 24.6. The van der Waals surface area contributed by atoms with Gasteiger partial charge in [0.15, 0.2) is 0 Å². The normalized spacial score (nSPS) is 24.5. The van der Waals surface area contributed by atoms with Crippen molar-refractivity contribution in [3.05, 3.63) is 71.5 Å². The molecule has 1 amide bonds. The summed E-state index contributed by atoms with van der Waals surface area (Å²) in [4.78, 5) is 21.1. The molecule has 2 aromatic carbocycles. The first-order valence-corrected chi connectivity index (χ1v) is 17.9. The predicted octanol–water partition coefficient (Wildman–Crippen LogP) is 4.77. The smallest absolute Gasteiger partial charge is 0.264 e. The van der Waals surface area contributed by atoms with Crippen molar-refractivity contribution < 1.29 is 21.6 Å². The molecule has 1 aromatic heterocycles. The van der Waals surface area contributed by atoms with Gasteiger partial charge in [-0.1, -0.05) is 12.1 Å². The summed E-state index contributed by atoms with van der Waals surface area (Å²) in [6.07, 6.45) is 8.78.